The molecule has 0 fully saturated rings. The predicted octanol–water partition coefficient (Wildman–Crippen LogP) is 3.44. The largest absolute Gasteiger partial charge is 0.468 e. The Labute approximate surface area is 112 Å². The number of carbonyl (C=O) groups is 1. The first-order valence-electron chi connectivity index (χ1n) is 6.55. The Morgan fingerprint density at radius 1 is 1.06 bits per heavy atom. The number of nitrogens with two attached hydrogens (primary N) is 1. The second-order valence-corrected chi connectivity index (χ2v) is 4.39. The van der Waals surface area contributed by atoms with Crippen molar-refractivity contribution in [3.8, 4) is 0 Å². The molecule has 0 bridgehead atoms. The van der Waals surface area contributed by atoms with Crippen LogP contribution in [0.15, 0.2) is 0 Å². The summed E-state index contributed by atoms with van der Waals surface area (Å²) in [5.41, 5.74) is 5.63. The first kappa shape index (κ1) is 19.1. The normalized spacial score (nSPS) is 11.7. The Morgan fingerprint density at radius 2 is 1.53 bits per heavy atom. The third-order valence-corrected chi connectivity index (χ3v) is 2.87. The number of halogens is 1. The lowest BCUT2D eigenvalue weighted by Gasteiger charge is -2.08. The molecule has 0 aromatic rings. The maximum Gasteiger partial charge on any atom is 0.322 e. The van der Waals surface area contributed by atoms with Crippen LogP contribution >= 0.6 is 12.4 Å². The first-order valence-corrected chi connectivity index (χ1v) is 6.55. The van der Waals surface area contributed by atoms with Gasteiger partial charge < -0.3 is 10.5 Å². The molecule has 0 radical (unpaired) electrons. The quantitative estimate of drug-likeness (QED) is 0.486. The zero-order chi connectivity index (χ0) is 12.2. The van der Waals surface area contributed by atoms with Crippen molar-refractivity contribution in [1.82, 2.24) is 0 Å². The summed E-state index contributed by atoms with van der Waals surface area (Å²) in [5, 5.41) is 0. The average Bonchev–Trinajstić information content (AvgIpc) is 2.31. The maximum atomic E-state index is 11.0. The molecule has 1 atom stereocenters. The van der Waals surface area contributed by atoms with E-state index < -0.39 is 6.04 Å². The van der Waals surface area contributed by atoms with Gasteiger partial charge in [-0.1, -0.05) is 58.3 Å². The fourth-order valence-corrected chi connectivity index (χ4v) is 1.77. The summed E-state index contributed by atoms with van der Waals surface area (Å²) in [6.45, 7) is 2.23. The van der Waals surface area contributed by atoms with Gasteiger partial charge in [0.05, 0.1) is 7.11 Å². The first-order chi connectivity index (χ1) is 7.72. The number of carbonyl (C=O) groups excluding carboxylic acids is 1. The Morgan fingerprint density at radius 3 is 2.00 bits per heavy atom. The highest BCUT2D eigenvalue weighted by Gasteiger charge is 2.12. The highest BCUT2D eigenvalue weighted by Crippen LogP contribution is 2.10. The Hall–Kier alpha value is -0.280. The minimum Gasteiger partial charge on any atom is -0.468 e. The van der Waals surface area contributed by atoms with Gasteiger partial charge in [0.25, 0.3) is 0 Å². The molecule has 1 unspecified atom stereocenters. The lowest BCUT2D eigenvalue weighted by Crippen LogP contribution is -2.31. The van der Waals surface area contributed by atoms with Crippen molar-refractivity contribution in [2.75, 3.05) is 7.11 Å². The van der Waals surface area contributed by atoms with Gasteiger partial charge in [-0.25, -0.2) is 0 Å². The van der Waals surface area contributed by atoms with Gasteiger partial charge in [-0.05, 0) is 6.42 Å². The van der Waals surface area contributed by atoms with E-state index in [4.69, 9.17) is 5.73 Å². The second kappa shape index (κ2) is 13.8. The predicted molar refractivity (Wildman–Crippen MR) is 74.5 cm³/mol. The molecule has 0 amide bonds. The van der Waals surface area contributed by atoms with Gasteiger partial charge in [-0.3, -0.25) is 4.79 Å². The van der Waals surface area contributed by atoms with Crippen LogP contribution in [0.2, 0.25) is 0 Å². The molecule has 0 aliphatic rings. The summed E-state index contributed by atoms with van der Waals surface area (Å²) in [6.07, 6.45) is 10.9. The summed E-state index contributed by atoms with van der Waals surface area (Å²) in [5.74, 6) is -0.289. The van der Waals surface area contributed by atoms with Gasteiger partial charge in [0, 0.05) is 0 Å². The van der Waals surface area contributed by atoms with Crippen molar-refractivity contribution in [2.45, 2.75) is 70.8 Å². The Bertz CT molecular complexity index is 177. The fraction of sp³-hybridized carbons (Fsp3) is 0.923. The molecule has 0 aliphatic heterocycles. The highest BCUT2D eigenvalue weighted by molar-refractivity contribution is 5.85. The van der Waals surface area contributed by atoms with Crippen LogP contribution in [0.25, 0.3) is 0 Å². The van der Waals surface area contributed by atoms with Crippen LogP contribution in [0.4, 0.5) is 0 Å². The summed E-state index contributed by atoms with van der Waals surface area (Å²) in [7, 11) is 1.38. The van der Waals surface area contributed by atoms with Crippen LogP contribution in [-0.4, -0.2) is 19.1 Å². The van der Waals surface area contributed by atoms with E-state index in [1.54, 1.807) is 0 Å². The molecule has 4 heteroatoms. The maximum absolute atomic E-state index is 11.0. The van der Waals surface area contributed by atoms with Crippen LogP contribution in [0.1, 0.15) is 64.7 Å². The fourth-order valence-electron chi connectivity index (χ4n) is 1.77. The third-order valence-electron chi connectivity index (χ3n) is 2.87. The molecule has 0 saturated carbocycles. The molecular weight excluding hydrogens is 238 g/mol. The van der Waals surface area contributed by atoms with Crippen molar-refractivity contribution in [3.63, 3.8) is 0 Å². The van der Waals surface area contributed by atoms with E-state index in [1.807, 2.05) is 0 Å². The monoisotopic (exact) mass is 265 g/mol. The third kappa shape index (κ3) is 12.0. The lowest BCUT2D eigenvalue weighted by atomic mass is 10.1. The number of hydrogen-bond acceptors (Lipinski definition) is 3. The highest BCUT2D eigenvalue weighted by atomic mass is 35.5. The van der Waals surface area contributed by atoms with Crippen LogP contribution in [0.5, 0.6) is 0 Å². The molecule has 2 N–H and O–H groups in total. The molecule has 0 aliphatic carbocycles. The zero-order valence-electron chi connectivity index (χ0n) is 11.2. The van der Waals surface area contributed by atoms with E-state index in [0.717, 1.165) is 12.8 Å². The average molecular weight is 266 g/mol. The molecule has 0 aromatic carbocycles. The molecule has 0 aromatic heterocycles. The van der Waals surface area contributed by atoms with E-state index in [9.17, 15) is 4.79 Å². The standard InChI is InChI=1S/C13H27NO2.ClH/c1-3-4-5-6-7-8-9-10-11-12(14)13(15)16-2;/h12H,3-11,14H2,1-2H3;1H. The molecular formula is C13H28ClNO2. The lowest BCUT2D eigenvalue weighted by molar-refractivity contribution is -0.142. The van der Waals surface area contributed by atoms with Gasteiger partial charge in [0.2, 0.25) is 0 Å². The van der Waals surface area contributed by atoms with Crippen LogP contribution in [-0.2, 0) is 9.53 Å². The van der Waals surface area contributed by atoms with Gasteiger partial charge in [0.1, 0.15) is 6.04 Å². The van der Waals surface area contributed by atoms with E-state index in [1.165, 1.54) is 52.1 Å². The summed E-state index contributed by atoms with van der Waals surface area (Å²) in [4.78, 5) is 11.0. The van der Waals surface area contributed by atoms with Crippen molar-refractivity contribution in [2.24, 2.45) is 5.73 Å². The van der Waals surface area contributed by atoms with Crippen molar-refractivity contribution in [1.29, 1.82) is 0 Å². The molecule has 3 nitrogen and oxygen atoms in total. The SMILES string of the molecule is CCCCCCCCCCC(N)C(=O)OC.Cl. The van der Waals surface area contributed by atoms with Gasteiger partial charge in [-0.2, -0.15) is 0 Å². The number of esters is 1. The van der Waals surface area contributed by atoms with E-state index in [0.29, 0.717) is 0 Å². The number of hydrogen-bond donors (Lipinski definition) is 1. The zero-order valence-corrected chi connectivity index (χ0v) is 12.1. The van der Waals surface area contributed by atoms with E-state index >= 15 is 0 Å². The van der Waals surface area contributed by atoms with E-state index in [-0.39, 0.29) is 18.4 Å². The van der Waals surface area contributed by atoms with Crippen LogP contribution in [0.3, 0.4) is 0 Å². The number of methoxy groups -OCH3 is 1. The minimum atomic E-state index is -0.426. The molecule has 104 valence electrons. The molecule has 0 saturated heterocycles. The molecule has 0 rings (SSSR count). The van der Waals surface area contributed by atoms with E-state index in [2.05, 4.69) is 11.7 Å². The number of unbranched alkanes of at least 4 members (excludes halogenated alkanes) is 7. The Balaban J connectivity index is 0. The van der Waals surface area contributed by atoms with Crippen molar-refractivity contribution < 1.29 is 9.53 Å². The molecule has 17 heavy (non-hydrogen) atoms. The molecule has 0 spiro atoms. The van der Waals surface area contributed by atoms with Gasteiger partial charge in [-0.15, -0.1) is 12.4 Å². The second-order valence-electron chi connectivity index (χ2n) is 4.39. The Kier molecular flexibility index (Phi) is 15.5. The number of rotatable bonds is 10. The van der Waals surface area contributed by atoms with Gasteiger partial charge >= 0.3 is 5.97 Å². The topological polar surface area (TPSA) is 52.3 Å². The summed E-state index contributed by atoms with van der Waals surface area (Å²) in [6, 6.07) is -0.426. The van der Waals surface area contributed by atoms with Crippen molar-refractivity contribution in [3.05, 3.63) is 0 Å². The minimum absolute atomic E-state index is 0. The summed E-state index contributed by atoms with van der Waals surface area (Å²) < 4.78 is 4.57. The smallest absolute Gasteiger partial charge is 0.322 e. The number of ether oxygens (including phenoxy) is 1. The van der Waals surface area contributed by atoms with Crippen molar-refractivity contribution >= 4 is 18.4 Å². The molecule has 0 heterocycles. The summed E-state index contributed by atoms with van der Waals surface area (Å²) >= 11 is 0. The van der Waals surface area contributed by atoms with Crippen LogP contribution < -0.4 is 5.73 Å². The van der Waals surface area contributed by atoms with Crippen LogP contribution in [0, 0.1) is 0 Å². The van der Waals surface area contributed by atoms with Gasteiger partial charge in [0.15, 0.2) is 0 Å².